The summed E-state index contributed by atoms with van der Waals surface area (Å²) in [6, 6.07) is 20.9. The van der Waals surface area contributed by atoms with Gasteiger partial charge in [-0.05, 0) is 36.1 Å². The van der Waals surface area contributed by atoms with Crippen molar-refractivity contribution in [1.82, 2.24) is 19.4 Å². The van der Waals surface area contributed by atoms with Crippen LogP contribution in [0.3, 0.4) is 0 Å². The molecular weight excluding hydrogens is 372 g/mol. The van der Waals surface area contributed by atoms with E-state index in [9.17, 15) is 4.79 Å². The van der Waals surface area contributed by atoms with Crippen LogP contribution < -0.4 is 0 Å². The highest BCUT2D eigenvalue weighted by molar-refractivity contribution is 5.84. The second-order valence-corrected chi connectivity index (χ2v) is 8.08. The lowest BCUT2D eigenvalue weighted by molar-refractivity contribution is -0.133. The van der Waals surface area contributed by atoms with Crippen LogP contribution in [0.1, 0.15) is 11.3 Å². The fourth-order valence-electron chi connectivity index (χ4n) is 4.48. The summed E-state index contributed by atoms with van der Waals surface area (Å²) in [5.41, 5.74) is 4.59. The van der Waals surface area contributed by atoms with Crippen LogP contribution in [0.15, 0.2) is 66.9 Å². The van der Waals surface area contributed by atoms with Crippen LogP contribution >= 0.6 is 0 Å². The van der Waals surface area contributed by atoms with Crippen molar-refractivity contribution >= 4 is 27.7 Å². The number of fused-ring (bicyclic) bond motifs is 2. The Kier molecular flexibility index (Phi) is 4.97. The van der Waals surface area contributed by atoms with Crippen molar-refractivity contribution in [2.75, 3.05) is 26.2 Å². The first-order valence-electron chi connectivity index (χ1n) is 10.6. The fraction of sp³-hybridized carbons (Fsp3) is 0.280. The highest BCUT2D eigenvalue weighted by Crippen LogP contribution is 2.21. The van der Waals surface area contributed by atoms with Gasteiger partial charge in [0, 0.05) is 55.5 Å². The minimum Gasteiger partial charge on any atom is -0.339 e. The molecule has 1 saturated heterocycles. The van der Waals surface area contributed by atoms with Gasteiger partial charge in [-0.1, -0.05) is 42.5 Å². The summed E-state index contributed by atoms with van der Waals surface area (Å²) in [4.78, 5) is 22.0. The van der Waals surface area contributed by atoms with Crippen LogP contribution in [-0.4, -0.2) is 51.4 Å². The van der Waals surface area contributed by atoms with Gasteiger partial charge in [-0.15, -0.1) is 0 Å². The third-order valence-corrected chi connectivity index (χ3v) is 6.15. The zero-order valence-corrected chi connectivity index (χ0v) is 17.3. The Morgan fingerprint density at radius 3 is 2.57 bits per heavy atom. The lowest BCUT2D eigenvalue weighted by Gasteiger charge is -2.35. The first-order chi connectivity index (χ1) is 14.7. The quantitative estimate of drug-likeness (QED) is 0.524. The van der Waals surface area contributed by atoms with Crippen molar-refractivity contribution in [3.05, 3.63) is 78.1 Å². The SMILES string of the molecule is Cc1cc2ccccc2n1CC(=O)N1CCN(Cc2cccc3cccnc23)CC1. The molecule has 4 aromatic rings. The molecule has 0 saturated carbocycles. The molecule has 0 aliphatic carbocycles. The zero-order valence-electron chi connectivity index (χ0n) is 17.3. The molecule has 3 heterocycles. The molecule has 0 unspecified atom stereocenters. The van der Waals surface area contributed by atoms with Gasteiger partial charge in [-0.25, -0.2) is 0 Å². The molecule has 0 atom stereocenters. The number of rotatable bonds is 4. The fourth-order valence-corrected chi connectivity index (χ4v) is 4.48. The molecule has 2 aromatic carbocycles. The second-order valence-electron chi connectivity index (χ2n) is 8.08. The summed E-state index contributed by atoms with van der Waals surface area (Å²) < 4.78 is 2.13. The van der Waals surface area contributed by atoms with Gasteiger partial charge in [0.15, 0.2) is 0 Å². The molecule has 152 valence electrons. The van der Waals surface area contributed by atoms with E-state index in [1.54, 1.807) is 0 Å². The number of carbonyl (C=O) groups is 1. The van der Waals surface area contributed by atoms with Gasteiger partial charge >= 0.3 is 0 Å². The Morgan fingerprint density at radius 2 is 1.70 bits per heavy atom. The maximum Gasteiger partial charge on any atom is 0.242 e. The molecule has 0 spiro atoms. The van der Waals surface area contributed by atoms with Gasteiger partial charge in [0.25, 0.3) is 0 Å². The zero-order chi connectivity index (χ0) is 20.5. The number of carbonyl (C=O) groups excluding carboxylic acids is 1. The molecule has 1 fully saturated rings. The highest BCUT2D eigenvalue weighted by Gasteiger charge is 2.22. The first kappa shape index (κ1) is 18.8. The summed E-state index contributed by atoms with van der Waals surface area (Å²) in [5, 5.41) is 2.37. The van der Waals surface area contributed by atoms with Crippen molar-refractivity contribution < 1.29 is 4.79 Å². The summed E-state index contributed by atoms with van der Waals surface area (Å²) in [7, 11) is 0. The molecule has 2 aromatic heterocycles. The molecule has 5 nitrogen and oxygen atoms in total. The summed E-state index contributed by atoms with van der Waals surface area (Å²) in [6.07, 6.45) is 1.86. The third kappa shape index (κ3) is 3.57. The number of nitrogens with zero attached hydrogens (tertiary/aromatic N) is 4. The van der Waals surface area contributed by atoms with Gasteiger partial charge in [-0.2, -0.15) is 0 Å². The van der Waals surface area contributed by atoms with E-state index in [0.717, 1.165) is 49.5 Å². The van der Waals surface area contributed by atoms with E-state index in [-0.39, 0.29) is 5.91 Å². The first-order valence-corrected chi connectivity index (χ1v) is 10.6. The average molecular weight is 399 g/mol. The predicted octanol–water partition coefficient (Wildman–Crippen LogP) is 3.84. The van der Waals surface area contributed by atoms with Crippen LogP contribution in [0, 0.1) is 6.92 Å². The van der Waals surface area contributed by atoms with Crippen molar-refractivity contribution in [3.8, 4) is 0 Å². The maximum absolute atomic E-state index is 13.0. The van der Waals surface area contributed by atoms with Gasteiger partial charge < -0.3 is 9.47 Å². The van der Waals surface area contributed by atoms with Gasteiger partial charge in [0.2, 0.25) is 5.91 Å². The average Bonchev–Trinajstić information content (AvgIpc) is 3.09. The number of para-hydroxylation sites is 2. The van der Waals surface area contributed by atoms with Crippen LogP contribution in [0.2, 0.25) is 0 Å². The minimum absolute atomic E-state index is 0.200. The van der Waals surface area contributed by atoms with E-state index in [2.05, 4.69) is 63.8 Å². The van der Waals surface area contributed by atoms with Gasteiger partial charge in [0.05, 0.1) is 5.52 Å². The van der Waals surface area contributed by atoms with Gasteiger partial charge in [0.1, 0.15) is 6.54 Å². The van der Waals surface area contributed by atoms with E-state index in [4.69, 9.17) is 0 Å². The molecule has 1 aliphatic rings. The lowest BCUT2D eigenvalue weighted by atomic mass is 10.1. The van der Waals surface area contributed by atoms with Gasteiger partial charge in [-0.3, -0.25) is 14.7 Å². The van der Waals surface area contributed by atoms with Crippen molar-refractivity contribution in [2.45, 2.75) is 20.0 Å². The summed E-state index contributed by atoms with van der Waals surface area (Å²) in [5.74, 6) is 0.200. The molecule has 1 amide bonds. The topological polar surface area (TPSA) is 41.4 Å². The lowest BCUT2D eigenvalue weighted by Crippen LogP contribution is -2.49. The van der Waals surface area contributed by atoms with Crippen LogP contribution in [0.5, 0.6) is 0 Å². The Bertz CT molecular complexity index is 1200. The number of benzene rings is 2. The van der Waals surface area contributed by atoms with E-state index >= 15 is 0 Å². The largest absolute Gasteiger partial charge is 0.339 e. The Balaban J connectivity index is 1.23. The second kappa shape index (κ2) is 7.92. The van der Waals surface area contributed by atoms with E-state index in [0.29, 0.717) is 6.54 Å². The number of aromatic nitrogens is 2. The molecular formula is C25H26N4O. The number of pyridine rings is 1. The molecule has 0 N–H and O–H groups in total. The molecule has 0 bridgehead atoms. The van der Waals surface area contributed by atoms with E-state index in [1.165, 1.54) is 16.3 Å². The summed E-state index contributed by atoms with van der Waals surface area (Å²) in [6.45, 7) is 6.68. The number of amides is 1. The third-order valence-electron chi connectivity index (χ3n) is 6.15. The minimum atomic E-state index is 0.200. The predicted molar refractivity (Wildman–Crippen MR) is 120 cm³/mol. The van der Waals surface area contributed by atoms with Crippen LogP contribution in [-0.2, 0) is 17.9 Å². The number of piperazine rings is 1. The van der Waals surface area contributed by atoms with Crippen molar-refractivity contribution in [1.29, 1.82) is 0 Å². The standard InChI is InChI=1S/C25H26N4O/c1-19-16-21-6-2-3-10-23(21)29(19)18-24(30)28-14-12-27(13-15-28)17-22-8-4-7-20-9-5-11-26-25(20)22/h2-11,16H,12-15,17-18H2,1H3. The Morgan fingerprint density at radius 1 is 0.933 bits per heavy atom. The number of aryl methyl sites for hydroxylation is 1. The monoisotopic (exact) mass is 398 g/mol. The Labute approximate surface area is 176 Å². The van der Waals surface area contributed by atoms with Crippen LogP contribution in [0.25, 0.3) is 21.8 Å². The molecule has 5 heteroatoms. The smallest absolute Gasteiger partial charge is 0.242 e. The van der Waals surface area contributed by atoms with Crippen molar-refractivity contribution in [3.63, 3.8) is 0 Å². The number of hydrogen-bond acceptors (Lipinski definition) is 3. The van der Waals surface area contributed by atoms with Crippen LogP contribution in [0.4, 0.5) is 0 Å². The van der Waals surface area contributed by atoms with E-state index < -0.39 is 0 Å². The number of hydrogen-bond donors (Lipinski definition) is 0. The summed E-state index contributed by atoms with van der Waals surface area (Å²) >= 11 is 0. The van der Waals surface area contributed by atoms with E-state index in [1.807, 2.05) is 29.3 Å². The normalized spacial score (nSPS) is 15.2. The highest BCUT2D eigenvalue weighted by atomic mass is 16.2. The molecule has 5 rings (SSSR count). The molecule has 30 heavy (non-hydrogen) atoms. The molecule has 1 aliphatic heterocycles. The van der Waals surface area contributed by atoms with Crippen molar-refractivity contribution in [2.24, 2.45) is 0 Å². The molecule has 0 radical (unpaired) electrons. The Hall–Kier alpha value is -3.18. The maximum atomic E-state index is 13.0.